The predicted octanol–water partition coefficient (Wildman–Crippen LogP) is 2.21. The molecule has 2 unspecified atom stereocenters. The number of piperidine rings is 1. The van der Waals surface area contributed by atoms with Gasteiger partial charge in [-0.2, -0.15) is 0 Å². The van der Waals surface area contributed by atoms with Gasteiger partial charge in [0.2, 0.25) is 0 Å². The number of amides is 2. The van der Waals surface area contributed by atoms with Crippen LogP contribution in [-0.2, 0) is 11.3 Å². The van der Waals surface area contributed by atoms with Crippen molar-refractivity contribution in [2.75, 3.05) is 0 Å². The molecule has 21 heavy (non-hydrogen) atoms. The number of carbonyl (C=O) groups excluding carboxylic acids is 1. The summed E-state index contributed by atoms with van der Waals surface area (Å²) in [6, 6.07) is 2.17. The summed E-state index contributed by atoms with van der Waals surface area (Å²) < 4.78 is 4.98. The molecule has 3 heterocycles. The lowest BCUT2D eigenvalue weighted by Crippen LogP contribution is -2.50. The molecule has 1 aromatic rings. The summed E-state index contributed by atoms with van der Waals surface area (Å²) in [5, 5.41) is 11.8. The molecule has 0 aromatic carbocycles. The first-order valence-corrected chi connectivity index (χ1v) is 7.42. The second-order valence-electron chi connectivity index (χ2n) is 6.02. The fraction of sp³-hybridized carbons (Fsp3) is 0.600. The van der Waals surface area contributed by atoms with Crippen molar-refractivity contribution in [1.29, 1.82) is 0 Å². The molecule has 2 saturated heterocycles. The highest BCUT2D eigenvalue weighted by Gasteiger charge is 2.43. The van der Waals surface area contributed by atoms with Crippen molar-refractivity contribution in [2.45, 2.75) is 50.7 Å². The monoisotopic (exact) mass is 292 g/mol. The third-order valence-electron chi connectivity index (χ3n) is 4.55. The van der Waals surface area contributed by atoms with Gasteiger partial charge in [0.25, 0.3) is 0 Å². The van der Waals surface area contributed by atoms with Gasteiger partial charge in [0.15, 0.2) is 0 Å². The zero-order valence-corrected chi connectivity index (χ0v) is 11.8. The minimum atomic E-state index is -0.739. The fourth-order valence-electron chi connectivity index (χ4n) is 3.70. The van der Waals surface area contributed by atoms with E-state index in [0.717, 1.165) is 31.2 Å². The number of fused-ring (bicyclic) bond motifs is 2. The van der Waals surface area contributed by atoms with E-state index in [4.69, 9.17) is 9.52 Å². The van der Waals surface area contributed by atoms with Gasteiger partial charge < -0.3 is 19.7 Å². The lowest BCUT2D eigenvalue weighted by atomic mass is 9.88. The van der Waals surface area contributed by atoms with E-state index < -0.39 is 5.97 Å². The van der Waals surface area contributed by atoms with Crippen LogP contribution in [0.15, 0.2) is 23.0 Å². The Balaban J connectivity index is 1.57. The molecule has 0 aliphatic carbocycles. The molecule has 2 bridgehead atoms. The molecule has 2 aliphatic rings. The molecule has 2 aliphatic heterocycles. The van der Waals surface area contributed by atoms with Crippen LogP contribution in [0.3, 0.4) is 0 Å². The molecule has 2 fully saturated rings. The highest BCUT2D eigenvalue weighted by molar-refractivity contribution is 5.75. The maximum absolute atomic E-state index is 12.4. The first-order valence-electron chi connectivity index (χ1n) is 7.42. The van der Waals surface area contributed by atoms with Gasteiger partial charge in [-0.15, -0.1) is 0 Å². The Morgan fingerprint density at radius 2 is 2.05 bits per heavy atom. The molecular weight excluding hydrogens is 272 g/mol. The fourth-order valence-corrected chi connectivity index (χ4v) is 3.70. The predicted molar refractivity (Wildman–Crippen MR) is 74.6 cm³/mol. The lowest BCUT2D eigenvalue weighted by molar-refractivity contribution is -0.138. The molecule has 2 amide bonds. The topological polar surface area (TPSA) is 82.8 Å². The first kappa shape index (κ1) is 14.0. The Morgan fingerprint density at radius 1 is 1.33 bits per heavy atom. The zero-order valence-electron chi connectivity index (χ0n) is 11.8. The van der Waals surface area contributed by atoms with Crippen molar-refractivity contribution in [3.05, 3.63) is 24.2 Å². The molecule has 1 aromatic heterocycles. The van der Waals surface area contributed by atoms with Crippen molar-refractivity contribution in [1.82, 2.24) is 10.2 Å². The Kier molecular flexibility index (Phi) is 3.86. The van der Waals surface area contributed by atoms with Crippen LogP contribution in [-0.4, -0.2) is 34.1 Å². The molecular formula is C15H20N2O4. The smallest absolute Gasteiger partial charge is 0.318 e. The number of nitrogens with one attached hydrogen (secondary N) is 1. The quantitative estimate of drug-likeness (QED) is 0.891. The van der Waals surface area contributed by atoms with Gasteiger partial charge in [-0.05, 0) is 37.7 Å². The van der Waals surface area contributed by atoms with E-state index in [-0.39, 0.29) is 30.5 Å². The maximum Gasteiger partial charge on any atom is 0.318 e. The normalized spacial score (nSPS) is 27.6. The average molecular weight is 292 g/mol. The van der Waals surface area contributed by atoms with E-state index in [1.54, 1.807) is 12.5 Å². The second-order valence-corrected chi connectivity index (χ2v) is 6.02. The number of carboxylic acids is 1. The van der Waals surface area contributed by atoms with Gasteiger partial charge in [-0.25, -0.2) is 4.79 Å². The molecule has 114 valence electrons. The summed E-state index contributed by atoms with van der Waals surface area (Å²) in [5.74, 6) is -0.532. The van der Waals surface area contributed by atoms with Gasteiger partial charge in [-0.3, -0.25) is 4.79 Å². The number of furan rings is 1. The average Bonchev–Trinajstić information content (AvgIpc) is 3.02. The van der Waals surface area contributed by atoms with E-state index in [9.17, 15) is 9.59 Å². The van der Waals surface area contributed by atoms with Crippen LogP contribution in [0.2, 0.25) is 0 Å². The van der Waals surface area contributed by atoms with Crippen molar-refractivity contribution in [3.8, 4) is 0 Å². The van der Waals surface area contributed by atoms with Crippen molar-refractivity contribution < 1.29 is 19.1 Å². The van der Waals surface area contributed by atoms with Crippen LogP contribution < -0.4 is 5.32 Å². The third kappa shape index (κ3) is 3.04. The standard InChI is InChI=1S/C15H20N2O4/c18-14(19)7-11-5-12-1-2-13(6-11)17(12)15(20)16-8-10-3-4-21-9-10/h3-4,9,11-13H,1-2,5-8H2,(H,16,20)(H,18,19). The van der Waals surface area contributed by atoms with Crippen LogP contribution in [0.25, 0.3) is 0 Å². The Morgan fingerprint density at radius 3 is 2.62 bits per heavy atom. The molecule has 2 N–H and O–H groups in total. The van der Waals surface area contributed by atoms with Crippen LogP contribution in [0.1, 0.15) is 37.7 Å². The van der Waals surface area contributed by atoms with E-state index >= 15 is 0 Å². The highest BCUT2D eigenvalue weighted by Crippen LogP contribution is 2.39. The minimum Gasteiger partial charge on any atom is -0.481 e. The molecule has 0 spiro atoms. The summed E-state index contributed by atoms with van der Waals surface area (Å²) in [4.78, 5) is 25.1. The summed E-state index contributed by atoms with van der Waals surface area (Å²) in [6.45, 7) is 0.462. The maximum atomic E-state index is 12.4. The summed E-state index contributed by atoms with van der Waals surface area (Å²) in [6.07, 6.45) is 7.01. The Hall–Kier alpha value is -1.98. The highest BCUT2D eigenvalue weighted by atomic mass is 16.4. The van der Waals surface area contributed by atoms with Crippen molar-refractivity contribution >= 4 is 12.0 Å². The van der Waals surface area contributed by atoms with Crippen LogP contribution in [0, 0.1) is 5.92 Å². The number of hydrogen-bond donors (Lipinski definition) is 2. The van der Waals surface area contributed by atoms with E-state index in [1.165, 1.54) is 0 Å². The van der Waals surface area contributed by atoms with Crippen LogP contribution >= 0.6 is 0 Å². The van der Waals surface area contributed by atoms with Gasteiger partial charge in [0.05, 0.1) is 12.5 Å². The molecule has 6 heteroatoms. The van der Waals surface area contributed by atoms with E-state index in [2.05, 4.69) is 5.32 Å². The van der Waals surface area contributed by atoms with Crippen LogP contribution in [0.4, 0.5) is 4.79 Å². The van der Waals surface area contributed by atoms with Gasteiger partial charge in [0, 0.05) is 30.6 Å². The Bertz CT molecular complexity index is 500. The SMILES string of the molecule is O=C(O)CC1CC2CCC(C1)N2C(=O)NCc1ccoc1. The number of nitrogens with zero attached hydrogens (tertiary/aromatic N) is 1. The number of aliphatic carboxylic acids is 1. The number of urea groups is 1. The molecule has 0 saturated carbocycles. The number of carbonyl (C=O) groups is 2. The number of carboxylic acid groups (broad SMARTS) is 1. The first-order chi connectivity index (χ1) is 10.1. The van der Waals surface area contributed by atoms with Crippen molar-refractivity contribution in [3.63, 3.8) is 0 Å². The van der Waals surface area contributed by atoms with E-state index in [0.29, 0.717) is 6.54 Å². The second kappa shape index (κ2) is 5.79. The zero-order chi connectivity index (χ0) is 14.8. The molecule has 2 atom stereocenters. The van der Waals surface area contributed by atoms with Gasteiger partial charge >= 0.3 is 12.0 Å². The lowest BCUT2D eigenvalue weighted by Gasteiger charge is -2.38. The minimum absolute atomic E-state index is 0.0440. The van der Waals surface area contributed by atoms with Crippen LogP contribution in [0.5, 0.6) is 0 Å². The molecule has 6 nitrogen and oxygen atoms in total. The van der Waals surface area contributed by atoms with Gasteiger partial charge in [-0.1, -0.05) is 0 Å². The van der Waals surface area contributed by atoms with E-state index in [1.807, 2.05) is 11.0 Å². The van der Waals surface area contributed by atoms with Gasteiger partial charge in [0.1, 0.15) is 0 Å². The third-order valence-corrected chi connectivity index (χ3v) is 4.55. The summed E-state index contributed by atoms with van der Waals surface area (Å²) in [7, 11) is 0. The summed E-state index contributed by atoms with van der Waals surface area (Å²) >= 11 is 0. The van der Waals surface area contributed by atoms with Crippen molar-refractivity contribution in [2.24, 2.45) is 5.92 Å². The molecule has 3 rings (SSSR count). The number of rotatable bonds is 4. The number of hydrogen-bond acceptors (Lipinski definition) is 3. The molecule has 0 radical (unpaired) electrons. The Labute approximate surface area is 123 Å². The largest absolute Gasteiger partial charge is 0.481 e. The summed E-state index contributed by atoms with van der Waals surface area (Å²) in [5.41, 5.74) is 0.941.